The van der Waals surface area contributed by atoms with Crippen molar-refractivity contribution in [3.63, 3.8) is 0 Å². The third kappa shape index (κ3) is 1.96. The maximum atomic E-state index is 9.50. The van der Waals surface area contributed by atoms with Crippen LogP contribution < -0.4 is 5.66 Å². The molecule has 3 rings (SSSR count). The van der Waals surface area contributed by atoms with Crippen molar-refractivity contribution in [2.75, 3.05) is 0 Å². The van der Waals surface area contributed by atoms with E-state index in [2.05, 4.69) is 0 Å². The molecule has 0 amide bonds. The highest BCUT2D eigenvalue weighted by atomic mass is 16.4. The zero-order chi connectivity index (χ0) is 12.5. The molecule has 1 aliphatic carbocycles. The van der Waals surface area contributed by atoms with Gasteiger partial charge in [-0.1, -0.05) is 37.5 Å². The number of fused-ring (bicyclic) bond motifs is 1. The molecule has 0 aliphatic heterocycles. The van der Waals surface area contributed by atoms with Crippen molar-refractivity contribution in [2.24, 2.45) is 0 Å². The molecule has 2 N–H and O–H groups in total. The molecule has 4 heteroatoms. The summed E-state index contributed by atoms with van der Waals surface area (Å²) in [4.78, 5) is 0. The largest absolute Gasteiger partial charge is 0.526 e. The van der Waals surface area contributed by atoms with Gasteiger partial charge in [-0.05, 0) is 24.8 Å². The van der Waals surface area contributed by atoms with Crippen LogP contribution in [0.3, 0.4) is 0 Å². The number of benzene rings is 1. The Morgan fingerprint density at radius 3 is 2.50 bits per heavy atom. The molecule has 1 aromatic carbocycles. The smallest absolute Gasteiger partial charge is 0.464 e. The Morgan fingerprint density at radius 2 is 1.78 bits per heavy atom. The van der Waals surface area contributed by atoms with Gasteiger partial charge in [0.2, 0.25) is 0 Å². The van der Waals surface area contributed by atoms with Crippen molar-refractivity contribution >= 4 is 23.7 Å². The third-order valence-corrected chi connectivity index (χ3v) is 3.91. The first kappa shape index (κ1) is 11.8. The number of furan rings is 1. The summed E-state index contributed by atoms with van der Waals surface area (Å²) in [6.07, 6.45) is 5.94. The van der Waals surface area contributed by atoms with Gasteiger partial charge in [0.1, 0.15) is 11.2 Å². The van der Waals surface area contributed by atoms with Crippen LogP contribution in [-0.4, -0.2) is 17.2 Å². The Morgan fingerprint density at radius 1 is 1.06 bits per heavy atom. The van der Waals surface area contributed by atoms with Gasteiger partial charge in [0.05, 0.1) is 0 Å². The third-order valence-electron chi connectivity index (χ3n) is 3.91. The second-order valence-electron chi connectivity index (χ2n) is 5.08. The minimum Gasteiger partial charge on any atom is -0.464 e. The van der Waals surface area contributed by atoms with Gasteiger partial charge < -0.3 is 14.5 Å². The normalized spacial score (nSPS) is 17.2. The topological polar surface area (TPSA) is 53.6 Å². The van der Waals surface area contributed by atoms with Crippen molar-refractivity contribution in [3.05, 3.63) is 29.8 Å². The molecule has 2 aromatic rings. The van der Waals surface area contributed by atoms with E-state index < -0.39 is 7.12 Å². The van der Waals surface area contributed by atoms with E-state index in [0.29, 0.717) is 11.6 Å². The van der Waals surface area contributed by atoms with E-state index in [9.17, 15) is 10.0 Å². The summed E-state index contributed by atoms with van der Waals surface area (Å²) in [7, 11) is -1.52. The van der Waals surface area contributed by atoms with Crippen LogP contribution in [0.25, 0.3) is 11.0 Å². The van der Waals surface area contributed by atoms with Gasteiger partial charge in [-0.2, -0.15) is 0 Å². The zero-order valence-electron chi connectivity index (χ0n) is 10.3. The Labute approximate surface area is 107 Å². The minimum atomic E-state index is -1.52. The van der Waals surface area contributed by atoms with Crippen molar-refractivity contribution in [1.29, 1.82) is 0 Å². The lowest BCUT2D eigenvalue weighted by Gasteiger charge is -2.22. The first-order chi connectivity index (χ1) is 8.77. The van der Waals surface area contributed by atoms with Gasteiger partial charge in [0.15, 0.2) is 0 Å². The molecular formula is C14H17BO3. The van der Waals surface area contributed by atoms with Gasteiger partial charge >= 0.3 is 7.12 Å². The van der Waals surface area contributed by atoms with Crippen molar-refractivity contribution in [1.82, 2.24) is 0 Å². The van der Waals surface area contributed by atoms with Crippen LogP contribution in [0.4, 0.5) is 0 Å². The van der Waals surface area contributed by atoms with Gasteiger partial charge in [0, 0.05) is 10.9 Å². The molecule has 0 bridgehead atoms. The number of para-hydroxylation sites is 1. The highest BCUT2D eigenvalue weighted by Crippen LogP contribution is 2.36. The first-order valence-electron chi connectivity index (χ1n) is 6.65. The molecule has 1 aliphatic rings. The van der Waals surface area contributed by atoms with E-state index >= 15 is 0 Å². The second kappa shape index (κ2) is 4.79. The first-order valence-corrected chi connectivity index (χ1v) is 6.65. The predicted molar refractivity (Wildman–Crippen MR) is 71.9 cm³/mol. The predicted octanol–water partition coefficient (Wildman–Crippen LogP) is 2.16. The van der Waals surface area contributed by atoms with E-state index in [1.54, 1.807) is 0 Å². The fraction of sp³-hybridized carbons (Fsp3) is 0.429. The Balaban J connectivity index is 2.14. The molecule has 3 nitrogen and oxygen atoms in total. The molecule has 1 heterocycles. The van der Waals surface area contributed by atoms with Crippen LogP contribution in [-0.2, 0) is 0 Å². The standard InChI is InChI=1S/C14H17BO3/c16-15(17)14-13(10-6-2-1-3-7-10)11-8-4-5-9-12(11)18-14/h4-5,8-10,16-17H,1-3,6-7H2. The molecule has 0 unspecified atom stereocenters. The Bertz CT molecular complexity index is 541. The van der Waals surface area contributed by atoms with Crippen molar-refractivity contribution in [3.8, 4) is 0 Å². The molecular weight excluding hydrogens is 227 g/mol. The molecule has 1 aromatic heterocycles. The van der Waals surface area contributed by atoms with Crippen LogP contribution in [0, 0.1) is 0 Å². The lowest BCUT2D eigenvalue weighted by atomic mass is 9.75. The van der Waals surface area contributed by atoms with Crippen molar-refractivity contribution in [2.45, 2.75) is 38.0 Å². The summed E-state index contributed by atoms with van der Waals surface area (Å²) in [5.74, 6) is 0.402. The summed E-state index contributed by atoms with van der Waals surface area (Å²) < 4.78 is 5.61. The molecule has 0 saturated heterocycles. The maximum Gasteiger partial charge on any atom is 0.526 e. The SMILES string of the molecule is OB(O)c1oc2ccccc2c1C1CCCCC1. The fourth-order valence-corrected chi connectivity index (χ4v) is 3.09. The lowest BCUT2D eigenvalue weighted by Crippen LogP contribution is -2.32. The van der Waals surface area contributed by atoms with Crippen LogP contribution in [0.5, 0.6) is 0 Å². The Hall–Kier alpha value is -1.26. The molecule has 0 atom stereocenters. The molecule has 18 heavy (non-hydrogen) atoms. The maximum absolute atomic E-state index is 9.50. The minimum absolute atomic E-state index is 0.336. The monoisotopic (exact) mass is 244 g/mol. The van der Waals surface area contributed by atoms with E-state index in [4.69, 9.17) is 4.42 Å². The summed E-state index contributed by atoms with van der Waals surface area (Å²) in [5, 5.41) is 20.0. The van der Waals surface area contributed by atoms with Crippen LogP contribution in [0.1, 0.15) is 43.6 Å². The molecule has 1 fully saturated rings. The lowest BCUT2D eigenvalue weighted by molar-refractivity contribution is 0.406. The number of rotatable bonds is 2. The quantitative estimate of drug-likeness (QED) is 0.796. The zero-order valence-corrected chi connectivity index (χ0v) is 10.3. The van der Waals surface area contributed by atoms with E-state index in [1.165, 1.54) is 19.3 Å². The number of hydrogen-bond donors (Lipinski definition) is 2. The Kier molecular flexibility index (Phi) is 3.14. The van der Waals surface area contributed by atoms with Crippen molar-refractivity contribution < 1.29 is 14.5 Å². The van der Waals surface area contributed by atoms with Gasteiger partial charge in [0.25, 0.3) is 0 Å². The number of hydrogen-bond acceptors (Lipinski definition) is 3. The van der Waals surface area contributed by atoms with E-state index in [-0.39, 0.29) is 0 Å². The highest BCUT2D eigenvalue weighted by molar-refractivity contribution is 6.58. The molecule has 0 spiro atoms. The highest BCUT2D eigenvalue weighted by Gasteiger charge is 2.29. The van der Waals surface area contributed by atoms with Gasteiger partial charge in [-0.25, -0.2) is 0 Å². The summed E-state index contributed by atoms with van der Waals surface area (Å²) in [6, 6.07) is 7.77. The summed E-state index contributed by atoms with van der Waals surface area (Å²) in [5.41, 5.74) is 2.10. The van der Waals surface area contributed by atoms with Gasteiger partial charge in [-0.3, -0.25) is 0 Å². The van der Waals surface area contributed by atoms with Crippen LogP contribution in [0.15, 0.2) is 28.7 Å². The summed E-state index contributed by atoms with van der Waals surface area (Å²) in [6.45, 7) is 0. The van der Waals surface area contributed by atoms with Crippen LogP contribution >= 0.6 is 0 Å². The summed E-state index contributed by atoms with van der Waals surface area (Å²) >= 11 is 0. The molecule has 1 saturated carbocycles. The van der Waals surface area contributed by atoms with E-state index in [0.717, 1.165) is 29.4 Å². The van der Waals surface area contributed by atoms with Crippen LogP contribution in [0.2, 0.25) is 0 Å². The average Bonchev–Trinajstić information content (AvgIpc) is 2.79. The van der Waals surface area contributed by atoms with E-state index in [1.807, 2.05) is 24.3 Å². The second-order valence-corrected chi connectivity index (χ2v) is 5.08. The average molecular weight is 244 g/mol. The molecule has 0 radical (unpaired) electrons. The fourth-order valence-electron chi connectivity index (χ4n) is 3.09. The molecule has 94 valence electrons. The van der Waals surface area contributed by atoms with Gasteiger partial charge in [-0.15, -0.1) is 0 Å².